The second kappa shape index (κ2) is 8.50. The number of halogens is 1. The Morgan fingerprint density at radius 2 is 2.09 bits per heavy atom. The van der Waals surface area contributed by atoms with Gasteiger partial charge in [0.1, 0.15) is 5.82 Å². The molecule has 10 heteroatoms. The molecule has 5 rings (SSSR count). The molecule has 1 aliphatic rings. The van der Waals surface area contributed by atoms with Crippen LogP contribution in [0.15, 0.2) is 33.9 Å². The Labute approximate surface area is 194 Å². The van der Waals surface area contributed by atoms with Crippen LogP contribution in [0.4, 0.5) is 10.3 Å². The van der Waals surface area contributed by atoms with Gasteiger partial charge in [0.15, 0.2) is 11.2 Å². The van der Waals surface area contributed by atoms with Crippen molar-refractivity contribution in [3.63, 3.8) is 0 Å². The van der Waals surface area contributed by atoms with E-state index >= 15 is 0 Å². The van der Waals surface area contributed by atoms with Gasteiger partial charge in [-0.1, -0.05) is 5.92 Å². The molecule has 9 nitrogen and oxygen atoms in total. The first-order chi connectivity index (χ1) is 16.4. The Bertz CT molecular complexity index is 1580. The third-order valence-corrected chi connectivity index (χ3v) is 6.34. The van der Waals surface area contributed by atoms with Gasteiger partial charge in [-0.25, -0.2) is 9.18 Å². The van der Waals surface area contributed by atoms with Crippen molar-refractivity contribution in [3.05, 3.63) is 56.6 Å². The van der Waals surface area contributed by atoms with E-state index in [0.29, 0.717) is 34.9 Å². The van der Waals surface area contributed by atoms with E-state index in [2.05, 4.69) is 21.7 Å². The average Bonchev–Trinajstić information content (AvgIpc) is 3.40. The quantitative estimate of drug-likeness (QED) is 0.447. The number of nitrogens with two attached hydrogens (primary N) is 1. The number of nitrogens with one attached hydrogen (secondary N) is 1. The summed E-state index contributed by atoms with van der Waals surface area (Å²) in [6.45, 7) is 3.42. The van der Waals surface area contributed by atoms with E-state index in [4.69, 9.17) is 10.7 Å². The number of anilines is 1. The summed E-state index contributed by atoms with van der Waals surface area (Å²) in [5.74, 6) is 6.14. The second-order valence-corrected chi connectivity index (χ2v) is 8.70. The van der Waals surface area contributed by atoms with Crippen molar-refractivity contribution in [1.29, 1.82) is 0 Å². The molecule has 1 fully saturated rings. The molecule has 3 N–H and O–H groups in total. The Hall–Kier alpha value is -3.84. The number of fused-ring (bicyclic) bond motifs is 2. The summed E-state index contributed by atoms with van der Waals surface area (Å²) in [5, 5.41) is 0.800. The Morgan fingerprint density at radius 3 is 2.85 bits per heavy atom. The van der Waals surface area contributed by atoms with E-state index in [1.54, 1.807) is 24.6 Å². The van der Waals surface area contributed by atoms with Crippen LogP contribution >= 0.6 is 0 Å². The number of aryl methyl sites for hydroxylation is 1. The van der Waals surface area contributed by atoms with Crippen molar-refractivity contribution >= 4 is 28.0 Å². The third kappa shape index (κ3) is 3.68. The first kappa shape index (κ1) is 22.0. The molecule has 1 aromatic carbocycles. The molecule has 0 amide bonds. The summed E-state index contributed by atoms with van der Waals surface area (Å²) >= 11 is 0. The van der Waals surface area contributed by atoms with E-state index in [1.807, 2.05) is 6.07 Å². The molecule has 34 heavy (non-hydrogen) atoms. The number of aromatic nitrogens is 5. The molecule has 0 bridgehead atoms. The van der Waals surface area contributed by atoms with Crippen LogP contribution in [0.1, 0.15) is 25.5 Å². The Morgan fingerprint density at radius 1 is 1.26 bits per heavy atom. The Balaban J connectivity index is 1.67. The maximum Gasteiger partial charge on any atom is 0.332 e. The van der Waals surface area contributed by atoms with Crippen LogP contribution in [0.3, 0.4) is 0 Å². The zero-order valence-electron chi connectivity index (χ0n) is 19.1. The first-order valence-corrected chi connectivity index (χ1v) is 11.2. The van der Waals surface area contributed by atoms with Gasteiger partial charge in [-0.2, -0.15) is 4.98 Å². The molecule has 176 valence electrons. The molecule has 1 aliphatic heterocycles. The molecular weight excluding hydrogens is 437 g/mol. The van der Waals surface area contributed by atoms with Crippen molar-refractivity contribution < 1.29 is 4.39 Å². The smallest absolute Gasteiger partial charge is 0.332 e. The Kier molecular flexibility index (Phi) is 5.49. The summed E-state index contributed by atoms with van der Waals surface area (Å²) in [6.07, 6.45) is 1.86. The molecule has 0 saturated carbocycles. The number of nitrogens with zero attached hydrogens (tertiary/aromatic N) is 5. The molecule has 0 unspecified atom stereocenters. The van der Waals surface area contributed by atoms with Gasteiger partial charge in [-0.05, 0) is 49.4 Å². The van der Waals surface area contributed by atoms with Gasteiger partial charge in [0.2, 0.25) is 5.95 Å². The van der Waals surface area contributed by atoms with Gasteiger partial charge < -0.3 is 15.6 Å². The highest BCUT2D eigenvalue weighted by molar-refractivity contribution is 5.80. The van der Waals surface area contributed by atoms with Crippen LogP contribution in [-0.4, -0.2) is 42.8 Å². The monoisotopic (exact) mass is 463 g/mol. The lowest BCUT2D eigenvalue weighted by atomic mass is 10.1. The maximum absolute atomic E-state index is 13.6. The highest BCUT2D eigenvalue weighted by Crippen LogP contribution is 2.23. The predicted octanol–water partition coefficient (Wildman–Crippen LogP) is 1.52. The average molecular weight is 464 g/mol. The standard InChI is InChI=1S/C24H26FN7O2/c1-3-4-10-31-20-21(28-23(31)30-9-5-6-17(26)13-30)29(2)24(34)32(22(20)33)14-18-11-15-7-8-16(25)12-19(15)27-18/h7-8,11-12,17,27H,5-6,9-10,13-14,26H2,1-2H3/t17-/m1/s1. The van der Waals surface area contributed by atoms with Crippen LogP contribution in [0, 0.1) is 17.7 Å². The summed E-state index contributed by atoms with van der Waals surface area (Å²) in [4.78, 5) is 36.7. The second-order valence-electron chi connectivity index (χ2n) is 8.70. The maximum atomic E-state index is 13.6. The van der Waals surface area contributed by atoms with Crippen molar-refractivity contribution in [2.45, 2.75) is 38.9 Å². The fourth-order valence-electron chi connectivity index (χ4n) is 4.66. The minimum absolute atomic E-state index is 0.0200. The minimum Gasteiger partial charge on any atom is -0.357 e. The molecule has 4 aromatic rings. The summed E-state index contributed by atoms with van der Waals surface area (Å²) in [5.41, 5.74) is 7.13. The molecule has 0 spiro atoms. The highest BCUT2D eigenvalue weighted by atomic mass is 19.1. The summed E-state index contributed by atoms with van der Waals surface area (Å²) in [6, 6.07) is 6.25. The fourth-order valence-corrected chi connectivity index (χ4v) is 4.66. The molecule has 4 heterocycles. The van der Waals surface area contributed by atoms with Gasteiger partial charge >= 0.3 is 5.69 Å². The van der Waals surface area contributed by atoms with E-state index < -0.39 is 11.2 Å². The van der Waals surface area contributed by atoms with Crippen molar-refractivity contribution in [3.8, 4) is 11.8 Å². The number of H-pyrrole nitrogens is 1. The highest BCUT2D eigenvalue weighted by Gasteiger charge is 2.26. The molecule has 1 atom stereocenters. The summed E-state index contributed by atoms with van der Waals surface area (Å²) in [7, 11) is 1.61. The number of imidazole rings is 1. The zero-order valence-corrected chi connectivity index (χ0v) is 19.1. The van der Waals surface area contributed by atoms with Crippen LogP contribution in [0.5, 0.6) is 0 Å². The SMILES string of the molecule is CC#CCn1c(N2CCC[C@@H](N)C2)nc2c1c(=O)n(Cc1cc3ccc(F)cc3[nH]1)c(=O)n2C. The van der Waals surface area contributed by atoms with Crippen LogP contribution < -0.4 is 21.9 Å². The molecule has 3 aromatic heterocycles. The predicted molar refractivity (Wildman–Crippen MR) is 129 cm³/mol. The normalized spacial score (nSPS) is 16.2. The molecule has 0 aliphatic carbocycles. The van der Waals surface area contributed by atoms with Gasteiger partial charge in [-0.3, -0.25) is 18.5 Å². The van der Waals surface area contributed by atoms with E-state index in [1.165, 1.54) is 21.3 Å². The number of aromatic amines is 1. The molecular formula is C24H26FN7O2. The van der Waals surface area contributed by atoms with E-state index in [9.17, 15) is 14.0 Å². The van der Waals surface area contributed by atoms with Crippen molar-refractivity contribution in [1.82, 2.24) is 23.7 Å². The molecule has 0 radical (unpaired) electrons. The number of hydrogen-bond donors (Lipinski definition) is 2. The van der Waals surface area contributed by atoms with E-state index in [0.717, 1.165) is 24.8 Å². The van der Waals surface area contributed by atoms with Gasteiger partial charge in [-0.15, -0.1) is 5.92 Å². The lowest BCUT2D eigenvalue weighted by molar-refractivity contribution is 0.496. The fraction of sp³-hybridized carbons (Fsp3) is 0.375. The topological polar surface area (TPSA) is 107 Å². The van der Waals surface area contributed by atoms with Gasteiger partial charge in [0, 0.05) is 37.4 Å². The largest absolute Gasteiger partial charge is 0.357 e. The van der Waals surface area contributed by atoms with Crippen LogP contribution in [0.25, 0.3) is 22.1 Å². The summed E-state index contributed by atoms with van der Waals surface area (Å²) < 4.78 is 17.9. The van der Waals surface area contributed by atoms with E-state index in [-0.39, 0.29) is 24.9 Å². The number of hydrogen-bond acceptors (Lipinski definition) is 5. The number of piperidine rings is 1. The van der Waals surface area contributed by atoms with Gasteiger partial charge in [0.05, 0.1) is 13.1 Å². The van der Waals surface area contributed by atoms with Crippen molar-refractivity contribution in [2.24, 2.45) is 12.8 Å². The lowest BCUT2D eigenvalue weighted by Gasteiger charge is -2.31. The third-order valence-electron chi connectivity index (χ3n) is 6.34. The van der Waals surface area contributed by atoms with Gasteiger partial charge in [0.25, 0.3) is 5.56 Å². The van der Waals surface area contributed by atoms with Crippen LogP contribution in [0.2, 0.25) is 0 Å². The minimum atomic E-state index is -0.476. The molecule has 1 saturated heterocycles. The van der Waals surface area contributed by atoms with Crippen LogP contribution in [-0.2, 0) is 20.1 Å². The number of benzene rings is 1. The lowest BCUT2D eigenvalue weighted by Crippen LogP contribution is -2.44. The number of rotatable bonds is 4. The zero-order chi connectivity index (χ0) is 24.0. The van der Waals surface area contributed by atoms with Crippen molar-refractivity contribution in [2.75, 3.05) is 18.0 Å². The first-order valence-electron chi connectivity index (χ1n) is 11.2.